The molecule has 0 fully saturated rings. The zero-order chi connectivity index (χ0) is 14.3. The molecule has 2 aromatic rings. The largest absolute Gasteiger partial charge is 0.478 e. The van der Waals surface area contributed by atoms with Gasteiger partial charge >= 0.3 is 5.97 Å². The maximum atomic E-state index is 11.0. The summed E-state index contributed by atoms with van der Waals surface area (Å²) >= 11 is 2.04. The zero-order valence-electron chi connectivity index (χ0n) is 11.1. The molecule has 0 saturated carbocycles. The van der Waals surface area contributed by atoms with Crippen molar-refractivity contribution in [1.82, 2.24) is 0 Å². The molecule has 0 heterocycles. The van der Waals surface area contributed by atoms with E-state index in [1.54, 1.807) is 6.07 Å². The summed E-state index contributed by atoms with van der Waals surface area (Å²) in [5.41, 5.74) is 2.58. The van der Waals surface area contributed by atoms with Crippen molar-refractivity contribution in [2.75, 3.05) is 0 Å². The van der Waals surface area contributed by atoms with Crippen molar-refractivity contribution in [1.29, 1.82) is 0 Å². The first-order valence-electron chi connectivity index (χ1n) is 6.22. The zero-order valence-corrected chi connectivity index (χ0v) is 13.2. The first kappa shape index (κ1) is 15.7. The average molecular weight is 368 g/mol. The van der Waals surface area contributed by atoms with Gasteiger partial charge in [-0.25, -0.2) is 4.79 Å². The van der Waals surface area contributed by atoms with Gasteiger partial charge in [0.1, 0.15) is 0 Å². The molecule has 0 atom stereocenters. The number of rotatable bonds is 3. The quantitative estimate of drug-likeness (QED) is 0.804. The minimum absolute atomic E-state index is 0.374. The second kappa shape index (κ2) is 7.94. The second-order valence-corrected chi connectivity index (χ2v) is 4.94. The fourth-order valence-corrected chi connectivity index (χ4v) is 2.24. The number of carboxylic acid groups (broad SMARTS) is 1. The van der Waals surface area contributed by atoms with E-state index >= 15 is 0 Å². The molecule has 0 radical (unpaired) electrons. The smallest absolute Gasteiger partial charge is 0.336 e. The van der Waals surface area contributed by atoms with Crippen LogP contribution in [0.3, 0.4) is 0 Å². The number of halogens is 1. The second-order valence-electron chi connectivity index (χ2n) is 3.78. The number of hydrogen-bond donors (Lipinski definition) is 1. The third-order valence-corrected chi connectivity index (χ3v) is 3.45. The molecule has 0 aliphatic rings. The Morgan fingerprint density at radius 3 is 2.26 bits per heavy atom. The molecule has 100 valence electrons. The summed E-state index contributed by atoms with van der Waals surface area (Å²) < 4.78 is 0.770. The molecule has 0 bridgehead atoms. The molecule has 2 nitrogen and oxygen atoms in total. The minimum atomic E-state index is -0.871. The van der Waals surface area contributed by atoms with Gasteiger partial charge in [0.2, 0.25) is 0 Å². The molecule has 0 aliphatic carbocycles. The lowest BCUT2D eigenvalue weighted by Gasteiger charge is -2.05. The van der Waals surface area contributed by atoms with E-state index in [9.17, 15) is 4.79 Å². The third-order valence-electron chi connectivity index (χ3n) is 2.51. The Morgan fingerprint density at radius 2 is 1.68 bits per heavy atom. The van der Waals surface area contributed by atoms with Crippen molar-refractivity contribution >= 4 is 28.6 Å². The summed E-state index contributed by atoms with van der Waals surface area (Å²) in [7, 11) is 0. The van der Waals surface area contributed by atoms with Gasteiger partial charge in [0.15, 0.2) is 0 Å². The lowest BCUT2D eigenvalue weighted by Crippen LogP contribution is -2.01. The Hall–Kier alpha value is -1.36. The summed E-state index contributed by atoms with van der Waals surface area (Å²) in [4.78, 5) is 11.0. The molecular weight excluding hydrogens is 351 g/mol. The van der Waals surface area contributed by atoms with Crippen LogP contribution in [0.1, 0.15) is 35.3 Å². The van der Waals surface area contributed by atoms with Gasteiger partial charge in [0.05, 0.1) is 5.56 Å². The topological polar surface area (TPSA) is 37.3 Å². The monoisotopic (exact) mass is 368 g/mol. The molecule has 0 saturated heterocycles. The highest BCUT2D eigenvalue weighted by Gasteiger charge is 2.08. The minimum Gasteiger partial charge on any atom is -0.478 e. The van der Waals surface area contributed by atoms with Crippen LogP contribution in [-0.2, 0) is 6.42 Å². The van der Waals surface area contributed by atoms with E-state index in [1.165, 1.54) is 5.56 Å². The molecule has 19 heavy (non-hydrogen) atoms. The molecule has 0 aromatic heterocycles. The summed E-state index contributed by atoms with van der Waals surface area (Å²) in [6, 6.07) is 15.6. The maximum absolute atomic E-state index is 11.0. The Balaban J connectivity index is 0.000000861. The van der Waals surface area contributed by atoms with Crippen LogP contribution in [0.25, 0.3) is 0 Å². The highest BCUT2D eigenvalue weighted by Crippen LogP contribution is 2.17. The Morgan fingerprint density at radius 1 is 1.05 bits per heavy atom. The summed E-state index contributed by atoms with van der Waals surface area (Å²) in [6.07, 6.45) is 0.762. The number of carbonyl (C=O) groups is 1. The van der Waals surface area contributed by atoms with Crippen LogP contribution in [0.4, 0.5) is 0 Å². The molecule has 0 aliphatic heterocycles. The normalized spacial score (nSPS) is 9.42. The van der Waals surface area contributed by atoms with Crippen LogP contribution in [-0.4, -0.2) is 11.1 Å². The fraction of sp³-hybridized carbons (Fsp3) is 0.188. The molecule has 0 amide bonds. The van der Waals surface area contributed by atoms with E-state index in [0.29, 0.717) is 5.56 Å². The van der Waals surface area contributed by atoms with Gasteiger partial charge in [-0.2, -0.15) is 0 Å². The van der Waals surface area contributed by atoms with E-state index in [0.717, 1.165) is 15.6 Å². The number of carboxylic acids is 1. The number of aromatic carboxylic acids is 1. The van der Waals surface area contributed by atoms with Crippen LogP contribution in [0.15, 0.2) is 48.5 Å². The summed E-state index contributed by atoms with van der Waals surface area (Å²) in [6.45, 7) is 4.00. The molecule has 2 aromatic carbocycles. The van der Waals surface area contributed by atoms with Gasteiger partial charge in [-0.3, -0.25) is 0 Å². The van der Waals surface area contributed by atoms with Gasteiger partial charge < -0.3 is 5.11 Å². The van der Waals surface area contributed by atoms with Crippen molar-refractivity contribution < 1.29 is 9.90 Å². The van der Waals surface area contributed by atoms with Crippen molar-refractivity contribution in [3.8, 4) is 0 Å². The molecule has 1 N–H and O–H groups in total. The van der Waals surface area contributed by atoms with Gasteiger partial charge in [-0.05, 0) is 52.3 Å². The molecule has 3 heteroatoms. The van der Waals surface area contributed by atoms with Crippen molar-refractivity contribution in [2.24, 2.45) is 0 Å². The predicted octanol–water partition coefficient (Wildman–Crippen LogP) is 4.61. The van der Waals surface area contributed by atoms with Crippen molar-refractivity contribution in [2.45, 2.75) is 20.3 Å². The van der Waals surface area contributed by atoms with Crippen LogP contribution < -0.4 is 0 Å². The predicted molar refractivity (Wildman–Crippen MR) is 86.7 cm³/mol. The van der Waals surface area contributed by atoms with Crippen molar-refractivity contribution in [3.63, 3.8) is 0 Å². The maximum Gasteiger partial charge on any atom is 0.336 e. The van der Waals surface area contributed by atoms with Gasteiger partial charge in [0, 0.05) is 3.57 Å². The lowest BCUT2D eigenvalue weighted by molar-refractivity contribution is 0.0695. The van der Waals surface area contributed by atoms with Gasteiger partial charge in [-0.15, -0.1) is 0 Å². The van der Waals surface area contributed by atoms with E-state index in [1.807, 2.05) is 78.9 Å². The van der Waals surface area contributed by atoms with Crippen LogP contribution >= 0.6 is 22.6 Å². The number of benzene rings is 2. The highest BCUT2D eigenvalue weighted by atomic mass is 127. The van der Waals surface area contributed by atoms with E-state index in [2.05, 4.69) is 0 Å². The fourth-order valence-electron chi connectivity index (χ4n) is 1.68. The third kappa shape index (κ3) is 4.67. The van der Waals surface area contributed by atoms with E-state index in [-0.39, 0.29) is 0 Å². The van der Waals surface area contributed by atoms with Gasteiger partial charge in [-0.1, -0.05) is 50.2 Å². The first-order valence-corrected chi connectivity index (χ1v) is 7.30. The summed E-state index contributed by atoms with van der Waals surface area (Å²) in [5, 5.41) is 9.05. The van der Waals surface area contributed by atoms with E-state index < -0.39 is 5.97 Å². The Kier molecular flexibility index (Phi) is 6.56. The van der Waals surface area contributed by atoms with E-state index in [4.69, 9.17) is 5.11 Å². The van der Waals surface area contributed by atoms with Crippen molar-refractivity contribution in [3.05, 3.63) is 68.8 Å². The Labute approximate surface area is 127 Å². The lowest BCUT2D eigenvalue weighted by atomic mass is 10.0. The molecule has 0 spiro atoms. The average Bonchev–Trinajstić information content (AvgIpc) is 2.44. The van der Waals surface area contributed by atoms with Crippen LogP contribution in [0.5, 0.6) is 0 Å². The molecular formula is C16H17IO2. The number of hydrogen-bond acceptors (Lipinski definition) is 1. The van der Waals surface area contributed by atoms with Crippen LogP contribution in [0.2, 0.25) is 0 Å². The van der Waals surface area contributed by atoms with Gasteiger partial charge in [0.25, 0.3) is 0 Å². The SMILES string of the molecule is CC.O=C(O)c1cc(Cc2ccccc2)ccc1I. The molecule has 0 unspecified atom stereocenters. The van der Waals surface area contributed by atoms with Crippen LogP contribution in [0, 0.1) is 3.57 Å². The first-order chi connectivity index (χ1) is 9.16. The molecule has 2 rings (SSSR count). The standard InChI is InChI=1S/C14H11IO2.C2H6/c15-13-7-6-11(9-12(13)14(16)17)8-10-4-2-1-3-5-10;1-2/h1-7,9H,8H2,(H,16,17);1-2H3. The summed E-state index contributed by atoms with van der Waals surface area (Å²) in [5.74, 6) is -0.871. The highest BCUT2D eigenvalue weighted by molar-refractivity contribution is 14.1. The Bertz CT molecular complexity index is 536.